The first-order chi connectivity index (χ1) is 17.4. The van der Waals surface area contributed by atoms with Crippen molar-refractivity contribution in [2.45, 2.75) is 110 Å². The topological polar surface area (TPSA) is 96.4 Å². The van der Waals surface area contributed by atoms with Gasteiger partial charge in [0.2, 0.25) is 5.91 Å². The van der Waals surface area contributed by atoms with Crippen LogP contribution in [-0.4, -0.2) is 75.2 Å². The minimum Gasteiger partial charge on any atom is -0.444 e. The van der Waals surface area contributed by atoms with Gasteiger partial charge in [-0.05, 0) is 72.8 Å². The molecule has 2 fully saturated rings. The van der Waals surface area contributed by atoms with Gasteiger partial charge in [-0.1, -0.05) is 30.3 Å². The van der Waals surface area contributed by atoms with E-state index in [1.54, 1.807) is 32.6 Å². The van der Waals surface area contributed by atoms with Gasteiger partial charge in [-0.15, -0.1) is 0 Å². The molecule has 0 spiro atoms. The molecule has 1 aromatic rings. The van der Waals surface area contributed by atoms with E-state index in [1.807, 2.05) is 44.2 Å². The average molecular weight is 517 g/mol. The van der Waals surface area contributed by atoms with Gasteiger partial charge in [0.15, 0.2) is 5.78 Å². The van der Waals surface area contributed by atoms with E-state index < -0.39 is 35.4 Å². The number of likely N-dealkylation sites (tertiary alicyclic amines) is 2. The summed E-state index contributed by atoms with van der Waals surface area (Å²) in [5, 5.41) is 11.0. The van der Waals surface area contributed by atoms with Gasteiger partial charge in [-0.25, -0.2) is 4.79 Å². The first-order valence-corrected chi connectivity index (χ1v) is 13.5. The van der Waals surface area contributed by atoms with Crippen LogP contribution in [0.15, 0.2) is 30.3 Å². The molecule has 0 radical (unpaired) electrons. The number of ketones is 1. The summed E-state index contributed by atoms with van der Waals surface area (Å²) in [4.78, 5) is 44.2. The summed E-state index contributed by atoms with van der Waals surface area (Å²) in [5.41, 5.74) is -1.22. The summed E-state index contributed by atoms with van der Waals surface area (Å²) in [6, 6.07) is 9.41. The summed E-state index contributed by atoms with van der Waals surface area (Å²) >= 11 is 0. The van der Waals surface area contributed by atoms with Crippen LogP contribution in [0, 0.1) is 5.92 Å². The Bertz CT molecular complexity index is 937. The SMILES string of the molecule is CC1CCC(C(=O)C[C@H](C(=O)N2CCCC2)[C@@H](C)OCc2ccccc2)(C(C)O)N1C(=O)OC(C)(C)C. The van der Waals surface area contributed by atoms with Crippen molar-refractivity contribution >= 4 is 17.8 Å². The van der Waals surface area contributed by atoms with Crippen LogP contribution in [0.1, 0.15) is 79.2 Å². The maximum absolute atomic E-state index is 14.1. The van der Waals surface area contributed by atoms with Gasteiger partial charge in [0.25, 0.3) is 0 Å². The van der Waals surface area contributed by atoms with Crippen molar-refractivity contribution in [1.29, 1.82) is 0 Å². The number of carbonyl (C=O) groups is 3. The van der Waals surface area contributed by atoms with Crippen LogP contribution in [0.25, 0.3) is 0 Å². The lowest BCUT2D eigenvalue weighted by Gasteiger charge is -2.42. The molecule has 3 rings (SSSR count). The number of hydrogen-bond donors (Lipinski definition) is 1. The second-order valence-corrected chi connectivity index (χ2v) is 11.6. The van der Waals surface area contributed by atoms with Crippen LogP contribution >= 0.6 is 0 Å². The molecule has 1 N–H and O–H groups in total. The molecule has 2 saturated heterocycles. The zero-order chi connectivity index (χ0) is 27.4. The van der Waals surface area contributed by atoms with Crippen LogP contribution in [0.5, 0.6) is 0 Å². The van der Waals surface area contributed by atoms with Gasteiger partial charge in [0.1, 0.15) is 11.1 Å². The molecule has 5 atom stereocenters. The Labute approximate surface area is 221 Å². The number of ether oxygens (including phenoxy) is 2. The van der Waals surface area contributed by atoms with E-state index in [4.69, 9.17) is 9.47 Å². The lowest BCUT2D eigenvalue weighted by Crippen LogP contribution is -2.62. The van der Waals surface area contributed by atoms with E-state index in [2.05, 4.69) is 0 Å². The monoisotopic (exact) mass is 516 g/mol. The van der Waals surface area contributed by atoms with Crippen LogP contribution in [0.2, 0.25) is 0 Å². The fourth-order valence-electron chi connectivity index (χ4n) is 5.56. The number of rotatable bonds is 9. The predicted molar refractivity (Wildman–Crippen MR) is 141 cm³/mol. The van der Waals surface area contributed by atoms with Gasteiger partial charge >= 0.3 is 6.09 Å². The molecule has 2 aliphatic heterocycles. The summed E-state index contributed by atoms with van der Waals surface area (Å²) in [7, 11) is 0. The van der Waals surface area contributed by atoms with Crippen LogP contribution in [0.4, 0.5) is 4.79 Å². The third-order valence-corrected chi connectivity index (χ3v) is 7.64. The van der Waals surface area contributed by atoms with E-state index in [9.17, 15) is 19.5 Å². The van der Waals surface area contributed by atoms with Crippen molar-refractivity contribution in [3.63, 3.8) is 0 Å². The zero-order valence-corrected chi connectivity index (χ0v) is 23.2. The number of nitrogens with zero attached hydrogens (tertiary/aromatic N) is 2. The number of benzene rings is 1. The Morgan fingerprint density at radius 2 is 1.73 bits per heavy atom. The summed E-state index contributed by atoms with van der Waals surface area (Å²) in [6.45, 7) is 12.2. The fourth-order valence-corrected chi connectivity index (χ4v) is 5.56. The van der Waals surface area contributed by atoms with Gasteiger partial charge in [-0.3, -0.25) is 14.5 Å². The minimum atomic E-state index is -1.45. The highest BCUT2D eigenvalue weighted by Gasteiger charge is 2.57. The van der Waals surface area contributed by atoms with Crippen molar-refractivity contribution in [2.24, 2.45) is 5.92 Å². The Morgan fingerprint density at radius 3 is 2.30 bits per heavy atom. The molecule has 2 amide bonds. The Morgan fingerprint density at radius 1 is 1.11 bits per heavy atom. The summed E-state index contributed by atoms with van der Waals surface area (Å²) < 4.78 is 11.8. The molecule has 8 heteroatoms. The van der Waals surface area contributed by atoms with Crippen LogP contribution in [0.3, 0.4) is 0 Å². The number of Topliss-reactive ketones (excluding diaryl/α,β-unsaturated/α-hetero) is 1. The highest BCUT2D eigenvalue weighted by molar-refractivity contribution is 5.96. The maximum Gasteiger partial charge on any atom is 0.411 e. The van der Waals surface area contributed by atoms with Crippen molar-refractivity contribution in [3.05, 3.63) is 35.9 Å². The van der Waals surface area contributed by atoms with Gasteiger partial charge < -0.3 is 19.5 Å². The minimum absolute atomic E-state index is 0.109. The summed E-state index contributed by atoms with van der Waals surface area (Å²) in [5.74, 6) is -1.16. The largest absolute Gasteiger partial charge is 0.444 e. The average Bonchev–Trinajstić information content (AvgIpc) is 3.48. The molecule has 0 saturated carbocycles. The number of aliphatic hydroxyl groups excluding tert-OH is 1. The Balaban J connectivity index is 1.87. The second kappa shape index (κ2) is 11.9. The van der Waals surface area contributed by atoms with Gasteiger partial charge in [-0.2, -0.15) is 0 Å². The molecule has 0 aliphatic carbocycles. The van der Waals surface area contributed by atoms with E-state index >= 15 is 0 Å². The molecular weight excluding hydrogens is 472 g/mol. The number of aliphatic hydroxyl groups is 1. The van der Waals surface area contributed by atoms with Crippen LogP contribution < -0.4 is 0 Å². The first-order valence-electron chi connectivity index (χ1n) is 13.5. The predicted octanol–water partition coefficient (Wildman–Crippen LogP) is 4.33. The number of amides is 2. The maximum atomic E-state index is 14.1. The third-order valence-electron chi connectivity index (χ3n) is 7.64. The second-order valence-electron chi connectivity index (χ2n) is 11.6. The lowest BCUT2D eigenvalue weighted by atomic mass is 9.80. The smallest absolute Gasteiger partial charge is 0.411 e. The van der Waals surface area contributed by atoms with E-state index in [1.165, 1.54) is 4.90 Å². The number of carbonyl (C=O) groups excluding carboxylic acids is 3. The molecule has 206 valence electrons. The standard InChI is InChI=1S/C29H44N2O6/c1-20-14-15-29(22(3)32,31(20)27(35)37-28(4,5)6)25(33)18-24(26(34)30-16-10-11-17-30)21(2)36-19-23-12-8-7-9-13-23/h7-9,12-13,20-22,24,32H,10-11,14-19H2,1-6H3/t20?,21-,22?,24+,29?/m1/s1. The molecule has 37 heavy (non-hydrogen) atoms. The summed E-state index contributed by atoms with van der Waals surface area (Å²) in [6.07, 6.45) is 0.345. The lowest BCUT2D eigenvalue weighted by molar-refractivity contribution is -0.148. The molecule has 0 aromatic heterocycles. The highest BCUT2D eigenvalue weighted by Crippen LogP contribution is 2.40. The zero-order valence-electron chi connectivity index (χ0n) is 23.2. The fraction of sp³-hybridized carbons (Fsp3) is 0.690. The first kappa shape index (κ1) is 29.1. The Kier molecular flexibility index (Phi) is 9.40. The van der Waals surface area contributed by atoms with Gasteiger partial charge in [0.05, 0.1) is 24.7 Å². The molecule has 2 aliphatic rings. The van der Waals surface area contributed by atoms with Crippen LogP contribution in [-0.2, 0) is 25.7 Å². The van der Waals surface area contributed by atoms with E-state index in [0.717, 1.165) is 18.4 Å². The molecule has 8 nitrogen and oxygen atoms in total. The molecule has 2 heterocycles. The quantitative estimate of drug-likeness (QED) is 0.525. The van der Waals surface area contributed by atoms with Crippen molar-refractivity contribution in [1.82, 2.24) is 9.80 Å². The molecule has 1 aromatic carbocycles. The van der Waals surface area contributed by atoms with Crippen molar-refractivity contribution in [2.75, 3.05) is 13.1 Å². The molecule has 0 bridgehead atoms. The molecule has 3 unspecified atom stereocenters. The number of hydrogen-bond acceptors (Lipinski definition) is 6. The van der Waals surface area contributed by atoms with E-state index in [-0.39, 0.29) is 24.2 Å². The normalized spacial score (nSPS) is 24.6. The molecular formula is C29H44N2O6. The van der Waals surface area contributed by atoms with Crippen molar-refractivity contribution < 1.29 is 29.0 Å². The van der Waals surface area contributed by atoms with Crippen molar-refractivity contribution in [3.8, 4) is 0 Å². The van der Waals surface area contributed by atoms with E-state index in [0.29, 0.717) is 32.5 Å². The third kappa shape index (κ3) is 6.71. The Hall–Kier alpha value is -2.45. The van der Waals surface area contributed by atoms with Gasteiger partial charge in [0, 0.05) is 25.6 Å². The highest BCUT2D eigenvalue weighted by atomic mass is 16.6.